The van der Waals surface area contributed by atoms with E-state index in [0.29, 0.717) is 0 Å². The maximum absolute atomic E-state index is 5.62. The fourth-order valence-electron chi connectivity index (χ4n) is 2.00. The third-order valence-electron chi connectivity index (χ3n) is 3.66. The van der Waals surface area contributed by atoms with Crippen LogP contribution in [0.1, 0.15) is 79.1 Å². The summed E-state index contributed by atoms with van der Waals surface area (Å²) in [6, 6.07) is 0. The Kier molecular flexibility index (Phi) is 11.1. The van der Waals surface area contributed by atoms with Crippen molar-refractivity contribution >= 4 is 0 Å². The highest BCUT2D eigenvalue weighted by atomic mass is 16.5. The maximum Gasteiger partial charge on any atom is 0.122 e. The summed E-state index contributed by atoms with van der Waals surface area (Å²) in [6.45, 7) is 9.25. The summed E-state index contributed by atoms with van der Waals surface area (Å²) < 4.78 is 11.2. The number of rotatable bonds is 13. The first-order chi connectivity index (χ1) is 10.3. The van der Waals surface area contributed by atoms with E-state index in [1.54, 1.807) is 0 Å². The van der Waals surface area contributed by atoms with Crippen molar-refractivity contribution in [1.29, 1.82) is 0 Å². The van der Waals surface area contributed by atoms with Crippen molar-refractivity contribution in [2.75, 3.05) is 13.2 Å². The second kappa shape index (κ2) is 11.6. The monoisotopic (exact) mass is 306 g/mol. The van der Waals surface area contributed by atoms with Crippen LogP contribution in [0.2, 0.25) is 0 Å². The number of hydrogen-bond donors (Lipinski definition) is 0. The lowest BCUT2D eigenvalue weighted by atomic mass is 10.1. The van der Waals surface area contributed by atoms with Gasteiger partial charge >= 0.3 is 0 Å². The van der Waals surface area contributed by atoms with Crippen molar-refractivity contribution in [3.8, 4) is 24.7 Å². The van der Waals surface area contributed by atoms with Gasteiger partial charge in [-0.1, -0.05) is 50.4 Å². The Balaban J connectivity index is 3.25. The molecule has 0 saturated carbocycles. The highest BCUT2D eigenvalue weighted by molar-refractivity contribution is 5.03. The minimum absolute atomic E-state index is 0.421. The van der Waals surface area contributed by atoms with Gasteiger partial charge in [-0.3, -0.25) is 0 Å². The Morgan fingerprint density at radius 3 is 1.14 bits per heavy atom. The van der Waals surface area contributed by atoms with Crippen LogP contribution in [0.15, 0.2) is 0 Å². The molecule has 0 amide bonds. The summed E-state index contributed by atoms with van der Waals surface area (Å²) in [5, 5.41) is 0. The van der Waals surface area contributed by atoms with Crippen LogP contribution in [0, 0.1) is 24.7 Å². The molecule has 0 spiro atoms. The van der Waals surface area contributed by atoms with Crippen molar-refractivity contribution in [2.45, 2.75) is 90.3 Å². The van der Waals surface area contributed by atoms with Crippen LogP contribution in [-0.2, 0) is 9.47 Å². The van der Waals surface area contributed by atoms with Gasteiger partial charge in [-0.05, 0) is 40.5 Å². The molecule has 126 valence electrons. The minimum Gasteiger partial charge on any atom is -0.363 e. The smallest absolute Gasteiger partial charge is 0.122 e. The number of unbranched alkanes of at least 4 members (excludes halogenated alkanes) is 7. The first-order valence-electron chi connectivity index (χ1n) is 8.56. The second-order valence-corrected chi connectivity index (χ2v) is 6.83. The van der Waals surface area contributed by atoms with Crippen LogP contribution in [0.3, 0.4) is 0 Å². The van der Waals surface area contributed by atoms with Crippen molar-refractivity contribution < 1.29 is 9.47 Å². The average molecular weight is 306 g/mol. The summed E-state index contributed by atoms with van der Waals surface area (Å²) in [5.74, 6) is 5.29. The number of hydrogen-bond acceptors (Lipinski definition) is 2. The first kappa shape index (κ1) is 21.0. The molecule has 0 aliphatic heterocycles. The van der Waals surface area contributed by atoms with Gasteiger partial charge in [-0.2, -0.15) is 0 Å². The van der Waals surface area contributed by atoms with E-state index < -0.39 is 11.2 Å². The van der Waals surface area contributed by atoms with Crippen LogP contribution < -0.4 is 0 Å². The van der Waals surface area contributed by atoms with Crippen molar-refractivity contribution in [3.63, 3.8) is 0 Å². The molecule has 0 aromatic heterocycles. The molecule has 0 aromatic rings. The molecular formula is C20H34O2. The van der Waals surface area contributed by atoms with Gasteiger partial charge in [0.05, 0.1) is 0 Å². The third-order valence-corrected chi connectivity index (χ3v) is 3.66. The SMILES string of the molecule is C#CC(C)(C)OCCCCCCCCCCOC(C)(C)C#C. The van der Waals surface area contributed by atoms with Crippen LogP contribution in [0.5, 0.6) is 0 Å². The molecule has 0 atom stereocenters. The molecule has 22 heavy (non-hydrogen) atoms. The van der Waals surface area contributed by atoms with Gasteiger partial charge in [0.1, 0.15) is 11.2 Å². The predicted octanol–water partition coefficient (Wildman–Crippen LogP) is 4.96. The molecule has 0 heterocycles. The zero-order chi connectivity index (χ0) is 16.9. The standard InChI is InChI=1S/C20H34O2/c1-7-19(3,4)21-17-15-13-11-9-10-12-14-16-18-22-20(5,6)8-2/h1-2H,9-18H2,3-6H3. The van der Waals surface area contributed by atoms with Crippen LogP contribution in [-0.4, -0.2) is 24.4 Å². The van der Waals surface area contributed by atoms with E-state index in [0.717, 1.165) is 26.1 Å². The van der Waals surface area contributed by atoms with Gasteiger partial charge < -0.3 is 9.47 Å². The van der Waals surface area contributed by atoms with E-state index in [4.69, 9.17) is 22.3 Å². The predicted molar refractivity (Wildman–Crippen MR) is 94.7 cm³/mol. The first-order valence-corrected chi connectivity index (χ1v) is 8.56. The number of ether oxygens (including phenoxy) is 2. The van der Waals surface area contributed by atoms with Crippen molar-refractivity contribution in [3.05, 3.63) is 0 Å². The largest absolute Gasteiger partial charge is 0.363 e. The normalized spacial score (nSPS) is 11.9. The highest BCUT2D eigenvalue weighted by Gasteiger charge is 2.13. The topological polar surface area (TPSA) is 18.5 Å². The van der Waals surface area contributed by atoms with E-state index in [1.165, 1.54) is 38.5 Å². The molecule has 0 rings (SSSR count). The zero-order valence-electron chi connectivity index (χ0n) is 15.0. The van der Waals surface area contributed by atoms with E-state index in [9.17, 15) is 0 Å². The Labute approximate surface area is 138 Å². The Morgan fingerprint density at radius 1 is 0.591 bits per heavy atom. The Hall–Kier alpha value is -0.960. The Bertz CT molecular complexity index is 319. The average Bonchev–Trinajstić information content (AvgIpc) is 2.48. The van der Waals surface area contributed by atoms with Gasteiger partial charge in [0.2, 0.25) is 0 Å². The molecule has 0 radical (unpaired) electrons. The molecular weight excluding hydrogens is 272 g/mol. The van der Waals surface area contributed by atoms with Gasteiger partial charge in [-0.25, -0.2) is 0 Å². The molecule has 0 aliphatic rings. The van der Waals surface area contributed by atoms with Gasteiger partial charge in [0.15, 0.2) is 0 Å². The molecule has 0 unspecified atom stereocenters. The highest BCUT2D eigenvalue weighted by Crippen LogP contribution is 2.12. The minimum atomic E-state index is -0.421. The maximum atomic E-state index is 5.62. The summed E-state index contributed by atoms with van der Waals surface area (Å²) in [4.78, 5) is 0. The molecule has 0 aromatic carbocycles. The molecule has 2 nitrogen and oxygen atoms in total. The lowest BCUT2D eigenvalue weighted by Gasteiger charge is -2.18. The lowest BCUT2D eigenvalue weighted by Crippen LogP contribution is -2.22. The van der Waals surface area contributed by atoms with E-state index >= 15 is 0 Å². The van der Waals surface area contributed by atoms with E-state index in [-0.39, 0.29) is 0 Å². The molecule has 2 heteroatoms. The zero-order valence-corrected chi connectivity index (χ0v) is 15.0. The Morgan fingerprint density at radius 2 is 0.864 bits per heavy atom. The van der Waals surface area contributed by atoms with Crippen LogP contribution in [0.25, 0.3) is 0 Å². The summed E-state index contributed by atoms with van der Waals surface area (Å²) in [7, 11) is 0. The van der Waals surface area contributed by atoms with E-state index in [2.05, 4.69) is 11.8 Å². The summed E-state index contributed by atoms with van der Waals surface area (Å²) in [6.07, 6.45) is 20.5. The molecule has 0 N–H and O–H groups in total. The van der Waals surface area contributed by atoms with Crippen LogP contribution >= 0.6 is 0 Å². The molecule has 0 fully saturated rings. The van der Waals surface area contributed by atoms with Gasteiger partial charge in [0, 0.05) is 13.2 Å². The fourth-order valence-corrected chi connectivity index (χ4v) is 2.00. The quantitative estimate of drug-likeness (QED) is 0.353. The third kappa shape index (κ3) is 12.8. The van der Waals surface area contributed by atoms with Crippen molar-refractivity contribution in [2.24, 2.45) is 0 Å². The van der Waals surface area contributed by atoms with Crippen molar-refractivity contribution in [1.82, 2.24) is 0 Å². The van der Waals surface area contributed by atoms with E-state index in [1.807, 2.05) is 27.7 Å². The summed E-state index contributed by atoms with van der Waals surface area (Å²) in [5.41, 5.74) is -0.841. The lowest BCUT2D eigenvalue weighted by molar-refractivity contribution is 0.0241. The number of terminal acetylenes is 2. The second-order valence-electron chi connectivity index (χ2n) is 6.83. The fraction of sp³-hybridized carbons (Fsp3) is 0.800. The van der Waals surface area contributed by atoms with Gasteiger partial charge in [0.25, 0.3) is 0 Å². The van der Waals surface area contributed by atoms with Crippen LogP contribution in [0.4, 0.5) is 0 Å². The van der Waals surface area contributed by atoms with Gasteiger partial charge in [-0.15, -0.1) is 12.8 Å². The molecule has 0 saturated heterocycles. The molecule has 0 bridgehead atoms. The molecule has 0 aliphatic carbocycles. The summed E-state index contributed by atoms with van der Waals surface area (Å²) >= 11 is 0.